The lowest BCUT2D eigenvalue weighted by molar-refractivity contribution is 0.255. The van der Waals surface area contributed by atoms with Crippen LogP contribution >= 0.6 is 11.6 Å². The first kappa shape index (κ1) is 11.8. The fourth-order valence-electron chi connectivity index (χ4n) is 2.16. The minimum absolute atomic E-state index is 0.152. The van der Waals surface area contributed by atoms with Crippen LogP contribution in [-0.4, -0.2) is 23.4 Å². The van der Waals surface area contributed by atoms with Crippen LogP contribution in [0.4, 0.5) is 8.78 Å². The maximum absolute atomic E-state index is 13.4. The van der Waals surface area contributed by atoms with E-state index in [-0.39, 0.29) is 11.6 Å². The van der Waals surface area contributed by atoms with Gasteiger partial charge in [-0.3, -0.25) is 4.90 Å². The Labute approximate surface area is 99.0 Å². The number of likely N-dealkylation sites (tertiary alicyclic amines) is 1. The first-order valence-electron chi connectivity index (χ1n) is 5.45. The molecule has 1 unspecified atom stereocenters. The largest absolute Gasteiger partial charge is 0.295 e. The molecule has 0 N–H and O–H groups in total. The van der Waals surface area contributed by atoms with E-state index < -0.39 is 11.6 Å². The number of hydrogen-bond donors (Lipinski definition) is 0. The molecule has 0 aromatic heterocycles. The standard InChI is InChI=1S/C12H14ClF2N/c13-7-9-3-2-6-16(9)8-10-11(14)4-1-5-12(10)15/h1,4-5,9H,2-3,6-8H2. The molecule has 1 aromatic carbocycles. The van der Waals surface area contributed by atoms with Gasteiger partial charge in [-0.25, -0.2) is 8.78 Å². The topological polar surface area (TPSA) is 3.24 Å². The monoisotopic (exact) mass is 245 g/mol. The summed E-state index contributed by atoms with van der Waals surface area (Å²) in [4.78, 5) is 2.05. The minimum atomic E-state index is -0.472. The fraction of sp³-hybridized carbons (Fsp3) is 0.500. The van der Waals surface area contributed by atoms with E-state index in [4.69, 9.17) is 11.6 Å². The number of rotatable bonds is 3. The van der Waals surface area contributed by atoms with Gasteiger partial charge in [0.15, 0.2) is 0 Å². The van der Waals surface area contributed by atoms with Crippen molar-refractivity contribution < 1.29 is 8.78 Å². The SMILES string of the molecule is Fc1cccc(F)c1CN1CCCC1CCl. The summed E-state index contributed by atoms with van der Waals surface area (Å²) in [7, 11) is 0. The summed E-state index contributed by atoms with van der Waals surface area (Å²) < 4.78 is 26.9. The molecular weight excluding hydrogens is 232 g/mol. The third-order valence-corrected chi connectivity index (χ3v) is 3.46. The van der Waals surface area contributed by atoms with Gasteiger partial charge < -0.3 is 0 Å². The number of alkyl halides is 1. The summed E-state index contributed by atoms with van der Waals surface area (Å²) in [5.41, 5.74) is 0.152. The first-order chi connectivity index (χ1) is 7.72. The van der Waals surface area contributed by atoms with Crippen molar-refractivity contribution in [1.82, 2.24) is 4.90 Å². The Morgan fingerprint density at radius 1 is 1.31 bits per heavy atom. The molecule has 1 nitrogen and oxygen atoms in total. The summed E-state index contributed by atoms with van der Waals surface area (Å²) in [5.74, 6) is -0.420. The molecule has 0 saturated carbocycles. The highest BCUT2D eigenvalue weighted by Crippen LogP contribution is 2.23. The summed E-state index contributed by atoms with van der Waals surface area (Å²) in [6.45, 7) is 1.18. The molecule has 1 aliphatic rings. The van der Waals surface area contributed by atoms with E-state index in [1.54, 1.807) is 0 Å². The van der Waals surface area contributed by atoms with E-state index in [0.29, 0.717) is 12.4 Å². The maximum atomic E-state index is 13.4. The van der Waals surface area contributed by atoms with Gasteiger partial charge in [0.1, 0.15) is 11.6 Å². The second kappa shape index (κ2) is 5.11. The van der Waals surface area contributed by atoms with E-state index in [2.05, 4.69) is 4.90 Å². The lowest BCUT2D eigenvalue weighted by atomic mass is 10.1. The van der Waals surface area contributed by atoms with Crippen LogP contribution in [0.3, 0.4) is 0 Å². The number of halogens is 3. The molecule has 1 aromatic rings. The van der Waals surface area contributed by atoms with Gasteiger partial charge in [0.2, 0.25) is 0 Å². The van der Waals surface area contributed by atoms with Crippen LogP contribution < -0.4 is 0 Å². The number of benzene rings is 1. The number of nitrogens with zero attached hydrogens (tertiary/aromatic N) is 1. The van der Waals surface area contributed by atoms with Gasteiger partial charge in [0, 0.05) is 24.0 Å². The quantitative estimate of drug-likeness (QED) is 0.740. The summed E-state index contributed by atoms with van der Waals surface area (Å²) in [6.07, 6.45) is 2.06. The van der Waals surface area contributed by atoms with Gasteiger partial charge in [-0.15, -0.1) is 11.6 Å². The highest BCUT2D eigenvalue weighted by molar-refractivity contribution is 6.18. The Kier molecular flexibility index (Phi) is 3.77. The highest BCUT2D eigenvalue weighted by atomic mass is 35.5. The molecule has 0 spiro atoms. The Morgan fingerprint density at radius 2 is 2.00 bits per heavy atom. The van der Waals surface area contributed by atoms with Crippen LogP contribution in [0.2, 0.25) is 0 Å². The van der Waals surface area contributed by atoms with Crippen LogP contribution in [0.25, 0.3) is 0 Å². The molecule has 16 heavy (non-hydrogen) atoms. The van der Waals surface area contributed by atoms with E-state index in [1.165, 1.54) is 18.2 Å². The van der Waals surface area contributed by atoms with Gasteiger partial charge in [0.05, 0.1) is 0 Å². The fourth-order valence-corrected chi connectivity index (χ4v) is 2.51. The van der Waals surface area contributed by atoms with E-state index in [0.717, 1.165) is 19.4 Å². The summed E-state index contributed by atoms with van der Waals surface area (Å²) in [6, 6.07) is 4.23. The Morgan fingerprint density at radius 3 is 2.62 bits per heavy atom. The molecule has 0 amide bonds. The van der Waals surface area contributed by atoms with Crippen LogP contribution in [0.5, 0.6) is 0 Å². The second-order valence-electron chi connectivity index (χ2n) is 4.12. The Hall–Kier alpha value is -0.670. The van der Waals surface area contributed by atoms with Crippen LogP contribution in [0, 0.1) is 11.6 Å². The molecule has 2 rings (SSSR count). The lowest BCUT2D eigenvalue weighted by Crippen LogP contribution is -2.30. The van der Waals surface area contributed by atoms with Gasteiger partial charge in [0.25, 0.3) is 0 Å². The Balaban J connectivity index is 2.14. The molecule has 88 valence electrons. The average molecular weight is 246 g/mol. The van der Waals surface area contributed by atoms with Gasteiger partial charge in [-0.1, -0.05) is 6.07 Å². The van der Waals surface area contributed by atoms with Crippen molar-refractivity contribution in [2.24, 2.45) is 0 Å². The molecule has 0 bridgehead atoms. The van der Waals surface area contributed by atoms with Crippen molar-refractivity contribution in [3.8, 4) is 0 Å². The summed E-state index contributed by atoms with van der Waals surface area (Å²) in [5, 5.41) is 0. The third kappa shape index (κ3) is 2.36. The molecule has 1 fully saturated rings. The molecule has 1 atom stereocenters. The second-order valence-corrected chi connectivity index (χ2v) is 4.43. The molecule has 0 radical (unpaired) electrons. The molecule has 1 saturated heterocycles. The van der Waals surface area contributed by atoms with Crippen LogP contribution in [0.1, 0.15) is 18.4 Å². The molecule has 1 heterocycles. The smallest absolute Gasteiger partial charge is 0.130 e. The zero-order valence-electron chi connectivity index (χ0n) is 8.93. The minimum Gasteiger partial charge on any atom is -0.295 e. The van der Waals surface area contributed by atoms with E-state index in [1.807, 2.05) is 0 Å². The van der Waals surface area contributed by atoms with Crippen LogP contribution in [-0.2, 0) is 6.54 Å². The van der Waals surface area contributed by atoms with Crippen molar-refractivity contribution >= 4 is 11.6 Å². The van der Waals surface area contributed by atoms with Crippen molar-refractivity contribution in [1.29, 1.82) is 0 Å². The van der Waals surface area contributed by atoms with Crippen molar-refractivity contribution in [2.45, 2.75) is 25.4 Å². The van der Waals surface area contributed by atoms with Crippen molar-refractivity contribution in [3.63, 3.8) is 0 Å². The molecule has 1 aliphatic heterocycles. The molecule has 0 aliphatic carbocycles. The predicted octanol–water partition coefficient (Wildman–Crippen LogP) is 3.17. The lowest BCUT2D eigenvalue weighted by Gasteiger charge is -2.22. The van der Waals surface area contributed by atoms with Crippen molar-refractivity contribution in [3.05, 3.63) is 35.4 Å². The van der Waals surface area contributed by atoms with Gasteiger partial charge >= 0.3 is 0 Å². The first-order valence-corrected chi connectivity index (χ1v) is 5.98. The van der Waals surface area contributed by atoms with E-state index >= 15 is 0 Å². The molecule has 4 heteroatoms. The maximum Gasteiger partial charge on any atom is 0.130 e. The van der Waals surface area contributed by atoms with Crippen LogP contribution in [0.15, 0.2) is 18.2 Å². The van der Waals surface area contributed by atoms with Crippen molar-refractivity contribution in [2.75, 3.05) is 12.4 Å². The average Bonchev–Trinajstić information content (AvgIpc) is 2.71. The predicted molar refractivity (Wildman–Crippen MR) is 60.5 cm³/mol. The molecular formula is C12H14ClF2N. The highest BCUT2D eigenvalue weighted by Gasteiger charge is 2.25. The summed E-state index contributed by atoms with van der Waals surface area (Å²) >= 11 is 5.82. The Bertz CT molecular complexity index is 350. The normalized spacial score (nSPS) is 21.6. The zero-order chi connectivity index (χ0) is 11.5. The number of hydrogen-bond acceptors (Lipinski definition) is 1. The van der Waals surface area contributed by atoms with Gasteiger partial charge in [-0.05, 0) is 31.5 Å². The van der Waals surface area contributed by atoms with E-state index in [9.17, 15) is 8.78 Å². The zero-order valence-corrected chi connectivity index (χ0v) is 9.68. The third-order valence-electron chi connectivity index (χ3n) is 3.10. The van der Waals surface area contributed by atoms with Gasteiger partial charge in [-0.2, -0.15) is 0 Å².